The van der Waals surface area contributed by atoms with Gasteiger partial charge >= 0.3 is 5.97 Å². The van der Waals surface area contributed by atoms with Crippen LogP contribution in [-0.4, -0.2) is 33.1 Å². The number of hydrogen-bond acceptors (Lipinski definition) is 8. The molecule has 1 N–H and O–H groups in total. The highest BCUT2D eigenvalue weighted by atomic mass is 79.9. The van der Waals surface area contributed by atoms with Crippen LogP contribution in [-0.2, 0) is 22.7 Å². The van der Waals surface area contributed by atoms with Gasteiger partial charge in [0, 0.05) is 5.70 Å². The topological polar surface area (TPSA) is 87.5 Å². The first-order valence-corrected chi connectivity index (χ1v) is 15.6. The Morgan fingerprint density at radius 3 is 2.52 bits per heavy atom. The van der Waals surface area contributed by atoms with Gasteiger partial charge in [0.05, 0.1) is 16.7 Å². The molecule has 0 aliphatic carbocycles. The summed E-state index contributed by atoms with van der Waals surface area (Å²) in [5.41, 5.74) is 5.00. The molecule has 0 saturated heterocycles. The number of benzene rings is 3. The van der Waals surface area contributed by atoms with Crippen LogP contribution in [0, 0.1) is 6.92 Å². The predicted octanol–water partition coefficient (Wildman–Crippen LogP) is 7.47. The van der Waals surface area contributed by atoms with Gasteiger partial charge in [-0.15, -0.1) is 5.10 Å². The highest BCUT2D eigenvalue weighted by molar-refractivity contribution is 9.10. The number of nitrogens with one attached hydrogen (secondary N) is 1. The van der Waals surface area contributed by atoms with Crippen molar-refractivity contribution in [1.82, 2.24) is 14.8 Å². The number of halogens is 1. The molecule has 0 fully saturated rings. The first-order valence-electron chi connectivity index (χ1n) is 13.8. The SMILES string of the molecule is CCOc1cc(C2C(C(=O)OCc3ccccc3)=C(C)Nc3nc(SCC)nn32)cc(Br)c1OCc1cccc(C)c1. The van der Waals surface area contributed by atoms with Crippen LogP contribution >= 0.6 is 27.7 Å². The summed E-state index contributed by atoms with van der Waals surface area (Å²) >= 11 is 5.26. The molecule has 0 spiro atoms. The monoisotopic (exact) mass is 648 g/mol. The van der Waals surface area contributed by atoms with Gasteiger partial charge in [-0.2, -0.15) is 4.98 Å². The van der Waals surface area contributed by atoms with Crippen molar-refractivity contribution in [2.75, 3.05) is 17.7 Å². The second-order valence-corrected chi connectivity index (χ2v) is 11.8. The number of thioether (sulfide) groups is 1. The summed E-state index contributed by atoms with van der Waals surface area (Å²) in [6.45, 7) is 8.87. The summed E-state index contributed by atoms with van der Waals surface area (Å²) in [6, 6.07) is 21.1. The zero-order valence-electron chi connectivity index (χ0n) is 24.0. The van der Waals surface area contributed by atoms with Gasteiger partial charge in [-0.3, -0.25) is 0 Å². The minimum Gasteiger partial charge on any atom is -0.490 e. The first-order chi connectivity index (χ1) is 20.4. The van der Waals surface area contributed by atoms with E-state index in [9.17, 15) is 4.79 Å². The normalized spacial score (nSPS) is 14.3. The number of aryl methyl sites for hydroxylation is 1. The lowest BCUT2D eigenvalue weighted by atomic mass is 9.95. The molecule has 0 saturated carbocycles. The number of carbonyl (C=O) groups excluding carboxylic acids is 1. The van der Waals surface area contributed by atoms with Gasteiger partial charge in [0.15, 0.2) is 11.5 Å². The van der Waals surface area contributed by atoms with Gasteiger partial charge in [0.1, 0.15) is 19.3 Å². The lowest BCUT2D eigenvalue weighted by molar-refractivity contribution is -0.140. The summed E-state index contributed by atoms with van der Waals surface area (Å²) in [6.07, 6.45) is 0. The third kappa shape index (κ3) is 6.65. The molecule has 4 aromatic rings. The average molecular weight is 650 g/mol. The van der Waals surface area contributed by atoms with Gasteiger partial charge in [-0.1, -0.05) is 78.8 Å². The maximum Gasteiger partial charge on any atom is 0.338 e. The van der Waals surface area contributed by atoms with Crippen LogP contribution in [0.25, 0.3) is 0 Å². The second-order valence-electron chi connectivity index (χ2n) is 9.76. The fourth-order valence-electron chi connectivity index (χ4n) is 4.80. The highest BCUT2D eigenvalue weighted by Gasteiger charge is 2.36. The molecule has 1 aromatic heterocycles. The standard InChI is InChI=1S/C32H33BrN4O4S/c1-5-39-26-17-24(16-25(33)29(26)40-19-23-14-10-11-20(3)15-23)28-27(30(38)41-18-22-12-8-7-9-13-22)21(4)34-31-35-32(42-6-2)36-37(28)31/h7-17,28H,5-6,18-19H2,1-4H3,(H,34,35,36). The van der Waals surface area contributed by atoms with E-state index in [1.807, 2.05) is 75.4 Å². The van der Waals surface area contributed by atoms with E-state index in [2.05, 4.69) is 45.3 Å². The van der Waals surface area contributed by atoms with E-state index in [1.165, 1.54) is 17.3 Å². The Balaban J connectivity index is 1.53. The number of fused-ring (bicyclic) bond motifs is 1. The van der Waals surface area contributed by atoms with Crippen LogP contribution in [0.3, 0.4) is 0 Å². The van der Waals surface area contributed by atoms with Crippen LogP contribution in [0.4, 0.5) is 5.95 Å². The molecule has 1 atom stereocenters. The molecular weight excluding hydrogens is 616 g/mol. The quantitative estimate of drug-likeness (QED) is 0.132. The van der Waals surface area contributed by atoms with E-state index in [-0.39, 0.29) is 6.61 Å². The molecule has 10 heteroatoms. The van der Waals surface area contributed by atoms with E-state index in [0.29, 0.717) is 51.6 Å². The second kappa shape index (κ2) is 13.5. The average Bonchev–Trinajstić information content (AvgIpc) is 3.37. The molecule has 1 aliphatic heterocycles. The Morgan fingerprint density at radius 2 is 1.79 bits per heavy atom. The Labute approximate surface area is 258 Å². The van der Waals surface area contributed by atoms with Gasteiger partial charge < -0.3 is 19.5 Å². The molecule has 0 bridgehead atoms. The van der Waals surface area contributed by atoms with Crippen LogP contribution in [0.15, 0.2) is 87.6 Å². The van der Waals surface area contributed by atoms with Crippen LogP contribution < -0.4 is 14.8 Å². The Morgan fingerprint density at radius 1 is 1.00 bits per heavy atom. The Bertz CT molecular complexity index is 1610. The molecule has 0 amide bonds. The van der Waals surface area contributed by atoms with E-state index in [0.717, 1.165) is 22.4 Å². The number of hydrogen-bond donors (Lipinski definition) is 1. The maximum absolute atomic E-state index is 13.7. The molecule has 218 valence electrons. The van der Waals surface area contributed by atoms with E-state index >= 15 is 0 Å². The molecule has 1 aliphatic rings. The van der Waals surface area contributed by atoms with Crippen molar-refractivity contribution < 1.29 is 19.0 Å². The van der Waals surface area contributed by atoms with E-state index in [4.69, 9.17) is 19.3 Å². The third-order valence-corrected chi connectivity index (χ3v) is 7.96. The summed E-state index contributed by atoms with van der Waals surface area (Å²) in [4.78, 5) is 18.4. The lowest BCUT2D eigenvalue weighted by Gasteiger charge is -2.29. The summed E-state index contributed by atoms with van der Waals surface area (Å²) < 4.78 is 20.6. The van der Waals surface area contributed by atoms with E-state index < -0.39 is 12.0 Å². The number of allylic oxidation sites excluding steroid dienone is 1. The maximum atomic E-state index is 13.7. The van der Waals surface area contributed by atoms with Gasteiger partial charge in [-0.25, -0.2) is 9.48 Å². The van der Waals surface area contributed by atoms with Crippen molar-refractivity contribution in [2.45, 2.75) is 52.1 Å². The highest BCUT2D eigenvalue weighted by Crippen LogP contribution is 2.43. The molecule has 2 heterocycles. The number of nitrogens with zero attached hydrogens (tertiary/aromatic N) is 3. The summed E-state index contributed by atoms with van der Waals surface area (Å²) in [5.74, 6) is 2.09. The van der Waals surface area contributed by atoms with Gasteiger partial charge in [0.2, 0.25) is 11.1 Å². The molecule has 42 heavy (non-hydrogen) atoms. The summed E-state index contributed by atoms with van der Waals surface area (Å²) in [5, 5.41) is 8.66. The van der Waals surface area contributed by atoms with Crippen molar-refractivity contribution in [2.24, 2.45) is 0 Å². The molecule has 3 aromatic carbocycles. The van der Waals surface area contributed by atoms with Crippen LogP contribution in [0.2, 0.25) is 0 Å². The van der Waals surface area contributed by atoms with Crippen molar-refractivity contribution in [3.63, 3.8) is 0 Å². The molecule has 5 rings (SSSR count). The smallest absolute Gasteiger partial charge is 0.338 e. The minimum atomic E-state index is -0.607. The number of ether oxygens (including phenoxy) is 3. The number of esters is 1. The number of rotatable bonds is 11. The zero-order chi connectivity index (χ0) is 29.6. The van der Waals surface area contributed by atoms with Crippen molar-refractivity contribution in [3.05, 3.63) is 105 Å². The fourth-order valence-corrected chi connectivity index (χ4v) is 5.93. The first kappa shape index (κ1) is 29.7. The van der Waals surface area contributed by atoms with Crippen molar-refractivity contribution in [3.8, 4) is 11.5 Å². The molecule has 8 nitrogen and oxygen atoms in total. The van der Waals surface area contributed by atoms with Gasteiger partial charge in [-0.05, 0) is 71.3 Å². The predicted molar refractivity (Wildman–Crippen MR) is 168 cm³/mol. The Kier molecular flexibility index (Phi) is 9.54. The van der Waals surface area contributed by atoms with Gasteiger partial charge in [0.25, 0.3) is 0 Å². The van der Waals surface area contributed by atoms with Crippen LogP contribution in [0.1, 0.15) is 49.1 Å². The largest absolute Gasteiger partial charge is 0.490 e. The lowest BCUT2D eigenvalue weighted by Crippen LogP contribution is -2.29. The minimum absolute atomic E-state index is 0.157. The van der Waals surface area contributed by atoms with Crippen LogP contribution in [0.5, 0.6) is 11.5 Å². The molecule has 0 radical (unpaired) electrons. The van der Waals surface area contributed by atoms with Crippen molar-refractivity contribution >= 4 is 39.6 Å². The zero-order valence-corrected chi connectivity index (χ0v) is 26.4. The third-order valence-electron chi connectivity index (χ3n) is 6.65. The number of anilines is 1. The number of aromatic nitrogens is 3. The number of carbonyl (C=O) groups is 1. The Hall–Kier alpha value is -3.76. The van der Waals surface area contributed by atoms with E-state index in [1.54, 1.807) is 4.68 Å². The molecule has 1 unspecified atom stereocenters. The fraction of sp³-hybridized carbons (Fsp3) is 0.281. The summed E-state index contributed by atoms with van der Waals surface area (Å²) in [7, 11) is 0. The van der Waals surface area contributed by atoms with Crippen molar-refractivity contribution in [1.29, 1.82) is 0 Å². The molecular formula is C32H33BrN4O4S.